The summed E-state index contributed by atoms with van der Waals surface area (Å²) in [5.41, 5.74) is 5.86. The minimum atomic E-state index is -1.16. The molecule has 126 valence electrons. The molecule has 1 atom stereocenters. The average Bonchev–Trinajstić information content (AvgIpc) is 2.52. The molecule has 0 heterocycles. The first-order chi connectivity index (χ1) is 11.3. The van der Waals surface area contributed by atoms with E-state index in [1.54, 1.807) is 18.2 Å². The first-order valence-corrected chi connectivity index (χ1v) is 7.94. The Labute approximate surface area is 150 Å². The number of carbonyl (C=O) groups is 2. The normalized spacial score (nSPS) is 11.8. The molecule has 0 aliphatic rings. The Bertz CT molecular complexity index is 802. The van der Waals surface area contributed by atoms with E-state index in [0.29, 0.717) is 15.1 Å². The molecule has 0 saturated carbocycles. The van der Waals surface area contributed by atoms with Crippen LogP contribution in [0.25, 0.3) is 0 Å². The summed E-state index contributed by atoms with van der Waals surface area (Å²) in [6.07, 6.45) is 0.0892. The number of nitrogens with two attached hydrogens (primary N) is 1. The number of primary amides is 1. The summed E-state index contributed by atoms with van der Waals surface area (Å²) >= 11 is 9.23. The molecule has 0 spiro atoms. The Morgan fingerprint density at radius 1 is 1.17 bits per heavy atom. The molecule has 4 nitrogen and oxygen atoms in total. The van der Waals surface area contributed by atoms with Crippen LogP contribution in [0.5, 0.6) is 0 Å². The first kappa shape index (κ1) is 18.4. The van der Waals surface area contributed by atoms with Crippen LogP contribution in [0.1, 0.15) is 15.9 Å². The molecule has 0 aliphatic carbocycles. The quantitative estimate of drug-likeness (QED) is 0.784. The molecule has 0 fully saturated rings. The van der Waals surface area contributed by atoms with E-state index < -0.39 is 29.5 Å². The van der Waals surface area contributed by atoms with Crippen LogP contribution in [0.4, 0.5) is 8.78 Å². The van der Waals surface area contributed by atoms with Gasteiger partial charge in [0.1, 0.15) is 6.04 Å². The molecule has 8 heteroatoms. The van der Waals surface area contributed by atoms with Crippen molar-refractivity contribution in [3.63, 3.8) is 0 Å². The van der Waals surface area contributed by atoms with E-state index in [1.807, 2.05) is 0 Å². The Balaban J connectivity index is 2.19. The molecular formula is C16H12BrClF2N2O2. The van der Waals surface area contributed by atoms with Gasteiger partial charge in [0.25, 0.3) is 5.91 Å². The molecule has 0 aromatic heterocycles. The van der Waals surface area contributed by atoms with E-state index in [-0.39, 0.29) is 12.0 Å². The third-order valence-electron chi connectivity index (χ3n) is 3.26. The lowest BCUT2D eigenvalue weighted by Gasteiger charge is -2.17. The number of nitrogens with one attached hydrogen (secondary N) is 1. The second-order valence-electron chi connectivity index (χ2n) is 5.00. The lowest BCUT2D eigenvalue weighted by atomic mass is 10.0. The maximum Gasteiger partial charge on any atom is 0.252 e. The van der Waals surface area contributed by atoms with Gasteiger partial charge in [0.05, 0.1) is 0 Å². The number of halogens is 4. The van der Waals surface area contributed by atoms with E-state index >= 15 is 0 Å². The van der Waals surface area contributed by atoms with Crippen molar-refractivity contribution in [2.45, 2.75) is 12.5 Å². The van der Waals surface area contributed by atoms with Gasteiger partial charge in [-0.05, 0) is 42.0 Å². The van der Waals surface area contributed by atoms with Crippen LogP contribution in [-0.2, 0) is 11.2 Å². The average molecular weight is 418 g/mol. The summed E-state index contributed by atoms with van der Waals surface area (Å²) < 4.78 is 26.8. The smallest absolute Gasteiger partial charge is 0.252 e. The Morgan fingerprint density at radius 2 is 1.88 bits per heavy atom. The lowest BCUT2D eigenvalue weighted by molar-refractivity contribution is -0.119. The van der Waals surface area contributed by atoms with Crippen molar-refractivity contribution in [3.8, 4) is 0 Å². The molecule has 3 N–H and O–H groups in total. The van der Waals surface area contributed by atoms with Gasteiger partial charge in [-0.1, -0.05) is 27.5 Å². The van der Waals surface area contributed by atoms with Crippen molar-refractivity contribution in [2.75, 3.05) is 0 Å². The number of amides is 2. The van der Waals surface area contributed by atoms with Crippen LogP contribution in [0, 0.1) is 11.6 Å². The van der Waals surface area contributed by atoms with Crippen LogP contribution < -0.4 is 11.1 Å². The van der Waals surface area contributed by atoms with Gasteiger partial charge in [-0.25, -0.2) is 8.78 Å². The first-order valence-electron chi connectivity index (χ1n) is 6.77. The topological polar surface area (TPSA) is 72.2 Å². The zero-order chi connectivity index (χ0) is 17.9. The summed E-state index contributed by atoms with van der Waals surface area (Å²) in [5, 5.41) is 2.87. The van der Waals surface area contributed by atoms with Gasteiger partial charge < -0.3 is 11.1 Å². The maximum absolute atomic E-state index is 13.2. The molecule has 0 unspecified atom stereocenters. The van der Waals surface area contributed by atoms with Crippen molar-refractivity contribution in [3.05, 3.63) is 68.7 Å². The second-order valence-corrected chi connectivity index (χ2v) is 6.29. The fraction of sp³-hybridized carbons (Fsp3) is 0.125. The SMILES string of the molecule is NC(=O)[C@@H](Cc1cc(Cl)ccc1Br)NC(=O)c1ccc(F)c(F)c1. The zero-order valence-electron chi connectivity index (χ0n) is 12.2. The largest absolute Gasteiger partial charge is 0.368 e. The van der Waals surface area contributed by atoms with Gasteiger partial charge in [-0.2, -0.15) is 0 Å². The molecule has 0 radical (unpaired) electrons. The van der Waals surface area contributed by atoms with Crippen LogP contribution in [-0.4, -0.2) is 17.9 Å². The van der Waals surface area contributed by atoms with E-state index in [0.717, 1.165) is 18.2 Å². The van der Waals surface area contributed by atoms with Crippen LogP contribution in [0.3, 0.4) is 0 Å². The van der Waals surface area contributed by atoms with Crippen molar-refractivity contribution in [1.82, 2.24) is 5.32 Å². The standard InChI is InChI=1S/C16H12BrClF2N2O2/c17-11-3-2-10(18)5-9(11)7-14(15(21)23)22-16(24)8-1-4-12(19)13(20)6-8/h1-6,14H,7H2,(H2,21,23)(H,22,24)/t14-/m1/s1. The highest BCUT2D eigenvalue weighted by Gasteiger charge is 2.21. The van der Waals surface area contributed by atoms with Gasteiger partial charge in [0.15, 0.2) is 11.6 Å². The minimum Gasteiger partial charge on any atom is -0.368 e. The number of hydrogen-bond acceptors (Lipinski definition) is 2. The van der Waals surface area contributed by atoms with Gasteiger partial charge in [-0.15, -0.1) is 0 Å². The van der Waals surface area contributed by atoms with E-state index in [2.05, 4.69) is 21.2 Å². The molecule has 2 rings (SSSR count). The number of carbonyl (C=O) groups excluding carboxylic acids is 2. The van der Waals surface area contributed by atoms with Crippen molar-refractivity contribution >= 4 is 39.3 Å². The van der Waals surface area contributed by atoms with Crippen molar-refractivity contribution in [1.29, 1.82) is 0 Å². The monoisotopic (exact) mass is 416 g/mol. The number of rotatable bonds is 5. The molecular weight excluding hydrogens is 406 g/mol. The fourth-order valence-electron chi connectivity index (χ4n) is 2.02. The van der Waals surface area contributed by atoms with Gasteiger partial charge in [0.2, 0.25) is 5.91 Å². The lowest BCUT2D eigenvalue weighted by Crippen LogP contribution is -2.46. The predicted molar refractivity (Wildman–Crippen MR) is 89.7 cm³/mol. The summed E-state index contributed by atoms with van der Waals surface area (Å²) in [4.78, 5) is 23.7. The Hall–Kier alpha value is -1.99. The highest BCUT2D eigenvalue weighted by molar-refractivity contribution is 9.10. The van der Waals surface area contributed by atoms with E-state index in [1.165, 1.54) is 0 Å². The molecule has 2 amide bonds. The second kappa shape index (κ2) is 7.72. The summed E-state index contributed by atoms with van der Waals surface area (Å²) in [7, 11) is 0. The third-order valence-corrected chi connectivity index (χ3v) is 4.27. The molecule has 2 aromatic carbocycles. The Kier molecular flexibility index (Phi) is 5.90. The molecule has 0 bridgehead atoms. The Morgan fingerprint density at radius 3 is 2.50 bits per heavy atom. The van der Waals surface area contributed by atoms with Crippen LogP contribution in [0.2, 0.25) is 5.02 Å². The number of benzene rings is 2. The summed E-state index contributed by atoms with van der Waals surface area (Å²) in [6, 6.07) is 6.64. The van der Waals surface area contributed by atoms with Gasteiger partial charge >= 0.3 is 0 Å². The van der Waals surface area contributed by atoms with Crippen molar-refractivity contribution < 1.29 is 18.4 Å². The molecule has 0 aliphatic heterocycles. The van der Waals surface area contributed by atoms with E-state index in [9.17, 15) is 18.4 Å². The maximum atomic E-state index is 13.2. The van der Waals surface area contributed by atoms with E-state index in [4.69, 9.17) is 17.3 Å². The summed E-state index contributed by atoms with van der Waals surface area (Å²) in [5.74, 6) is -3.73. The third kappa shape index (κ3) is 4.52. The fourth-order valence-corrected chi connectivity index (χ4v) is 2.62. The highest BCUT2D eigenvalue weighted by atomic mass is 79.9. The summed E-state index contributed by atoms with van der Waals surface area (Å²) in [6.45, 7) is 0. The highest BCUT2D eigenvalue weighted by Crippen LogP contribution is 2.22. The molecule has 24 heavy (non-hydrogen) atoms. The van der Waals surface area contributed by atoms with Crippen molar-refractivity contribution in [2.24, 2.45) is 5.73 Å². The van der Waals surface area contributed by atoms with Crippen LogP contribution >= 0.6 is 27.5 Å². The molecule has 2 aromatic rings. The molecule has 0 saturated heterocycles. The van der Waals surface area contributed by atoms with Gasteiger partial charge in [0, 0.05) is 21.5 Å². The minimum absolute atomic E-state index is 0.0892. The van der Waals surface area contributed by atoms with Gasteiger partial charge in [-0.3, -0.25) is 9.59 Å². The zero-order valence-corrected chi connectivity index (χ0v) is 14.5. The van der Waals surface area contributed by atoms with Crippen LogP contribution in [0.15, 0.2) is 40.9 Å². The predicted octanol–water partition coefficient (Wildman–Crippen LogP) is 3.21. The number of hydrogen-bond donors (Lipinski definition) is 2.